The number of methoxy groups -OCH3 is 1. The van der Waals surface area contributed by atoms with Crippen LogP contribution >= 0.6 is 0 Å². The Balaban J connectivity index is 1.70. The van der Waals surface area contributed by atoms with Gasteiger partial charge < -0.3 is 9.47 Å². The molecule has 2 fully saturated rings. The highest BCUT2D eigenvalue weighted by Gasteiger charge is 2.60. The lowest BCUT2D eigenvalue weighted by molar-refractivity contribution is 0.0953. The second-order valence-electron chi connectivity index (χ2n) is 8.56. The van der Waals surface area contributed by atoms with Crippen LogP contribution in [0.4, 0.5) is 0 Å². The van der Waals surface area contributed by atoms with E-state index in [1.165, 1.54) is 6.42 Å². The van der Waals surface area contributed by atoms with Gasteiger partial charge >= 0.3 is 0 Å². The van der Waals surface area contributed by atoms with Crippen molar-refractivity contribution in [1.82, 2.24) is 5.43 Å². The minimum absolute atomic E-state index is 0.0829. The summed E-state index contributed by atoms with van der Waals surface area (Å²) in [5.74, 6) is 1.68. The molecular weight excluding hydrogens is 340 g/mol. The summed E-state index contributed by atoms with van der Waals surface area (Å²) in [6, 6.07) is 5.26. The number of hydrogen-bond donors (Lipinski definition) is 1. The van der Waals surface area contributed by atoms with Crippen molar-refractivity contribution in [1.29, 1.82) is 0 Å². The molecule has 1 amide bonds. The van der Waals surface area contributed by atoms with Gasteiger partial charge in [-0.1, -0.05) is 34.1 Å². The fourth-order valence-corrected chi connectivity index (χ4v) is 4.53. The van der Waals surface area contributed by atoms with E-state index in [0.717, 1.165) is 31.4 Å². The zero-order chi connectivity index (χ0) is 19.7. The van der Waals surface area contributed by atoms with Gasteiger partial charge in [0.05, 0.1) is 13.7 Å². The summed E-state index contributed by atoms with van der Waals surface area (Å²) in [4.78, 5) is 12.6. The summed E-state index contributed by atoms with van der Waals surface area (Å²) in [5, 5.41) is 4.53. The summed E-state index contributed by atoms with van der Waals surface area (Å²) < 4.78 is 11.1. The lowest BCUT2D eigenvalue weighted by atomic mass is 9.70. The smallest absolute Gasteiger partial charge is 0.271 e. The molecule has 2 saturated carbocycles. The minimum Gasteiger partial charge on any atom is -0.493 e. The van der Waals surface area contributed by atoms with Crippen LogP contribution < -0.4 is 14.9 Å². The number of fused-ring (bicyclic) bond motifs is 2. The summed E-state index contributed by atoms with van der Waals surface area (Å²) in [7, 11) is 1.59. The molecule has 148 valence electrons. The quantitative estimate of drug-likeness (QED) is 0.552. The van der Waals surface area contributed by atoms with Crippen LogP contribution in [0.3, 0.4) is 0 Å². The molecule has 2 bridgehead atoms. The Morgan fingerprint density at radius 3 is 2.67 bits per heavy atom. The fraction of sp³-hybridized carbons (Fsp3) is 0.636. The Hall–Kier alpha value is -2.04. The third kappa shape index (κ3) is 3.44. The second kappa shape index (κ2) is 7.53. The van der Waals surface area contributed by atoms with Crippen molar-refractivity contribution < 1.29 is 14.3 Å². The topological polar surface area (TPSA) is 59.9 Å². The Labute approximate surface area is 162 Å². The fourth-order valence-electron chi connectivity index (χ4n) is 4.53. The maximum atomic E-state index is 12.6. The van der Waals surface area contributed by atoms with Gasteiger partial charge in [0.15, 0.2) is 11.5 Å². The third-order valence-electron chi connectivity index (χ3n) is 6.99. The molecule has 1 aromatic rings. The average Bonchev–Trinajstić information content (AvgIpc) is 2.99. The number of rotatable bonds is 7. The highest BCUT2D eigenvalue weighted by molar-refractivity contribution is 5.98. The number of hydrogen-bond acceptors (Lipinski definition) is 4. The molecule has 0 saturated heterocycles. The molecule has 2 aliphatic carbocycles. The summed E-state index contributed by atoms with van der Waals surface area (Å²) in [5.41, 5.74) is 4.74. The summed E-state index contributed by atoms with van der Waals surface area (Å²) in [6.45, 7) is 9.71. The first kappa shape index (κ1) is 19.7. The van der Waals surface area contributed by atoms with E-state index >= 15 is 0 Å². The van der Waals surface area contributed by atoms with Crippen LogP contribution in [0.25, 0.3) is 0 Å². The first-order chi connectivity index (χ1) is 12.8. The number of hydrazone groups is 1. The first-order valence-corrected chi connectivity index (χ1v) is 10.0. The number of nitrogens with zero attached hydrogens (tertiary/aromatic N) is 1. The number of carbonyl (C=O) groups excluding carboxylic acids is 1. The van der Waals surface area contributed by atoms with Crippen molar-refractivity contribution >= 4 is 11.6 Å². The SMILES string of the molecule is CCCCOc1ccc(C(=O)N/N=C2/C[C@@H]3CC[C@@]2(C)C3(C)C)cc1OC. The first-order valence-electron chi connectivity index (χ1n) is 10.0. The monoisotopic (exact) mass is 372 g/mol. The van der Waals surface area contributed by atoms with Crippen molar-refractivity contribution in [2.75, 3.05) is 13.7 Å². The molecule has 0 spiro atoms. The number of carbonyl (C=O) groups is 1. The van der Waals surface area contributed by atoms with Gasteiger partial charge in [0.2, 0.25) is 0 Å². The maximum Gasteiger partial charge on any atom is 0.271 e. The van der Waals surface area contributed by atoms with Crippen molar-refractivity contribution in [3.8, 4) is 11.5 Å². The normalized spacial score (nSPS) is 27.0. The van der Waals surface area contributed by atoms with Crippen LogP contribution in [-0.4, -0.2) is 25.3 Å². The van der Waals surface area contributed by atoms with Gasteiger partial charge in [0.25, 0.3) is 5.91 Å². The van der Waals surface area contributed by atoms with E-state index in [2.05, 4.69) is 38.2 Å². The summed E-state index contributed by atoms with van der Waals surface area (Å²) in [6.07, 6.45) is 5.44. The largest absolute Gasteiger partial charge is 0.493 e. The van der Waals surface area contributed by atoms with Crippen LogP contribution in [0.2, 0.25) is 0 Å². The summed E-state index contributed by atoms with van der Waals surface area (Å²) >= 11 is 0. The number of benzene rings is 1. The van der Waals surface area contributed by atoms with Crippen LogP contribution in [0.15, 0.2) is 23.3 Å². The molecule has 0 radical (unpaired) electrons. The zero-order valence-corrected chi connectivity index (χ0v) is 17.2. The van der Waals surface area contributed by atoms with E-state index in [9.17, 15) is 4.79 Å². The van der Waals surface area contributed by atoms with E-state index in [1.807, 2.05) is 0 Å². The predicted octanol–water partition coefficient (Wildman–Crippen LogP) is 4.81. The lowest BCUT2D eigenvalue weighted by Crippen LogP contribution is -2.34. The molecular formula is C22H32N2O3. The van der Waals surface area contributed by atoms with Crippen LogP contribution in [0.5, 0.6) is 11.5 Å². The molecule has 2 atom stereocenters. The molecule has 0 aromatic heterocycles. The highest BCUT2D eigenvalue weighted by atomic mass is 16.5. The Morgan fingerprint density at radius 2 is 2.07 bits per heavy atom. The van der Waals surface area contributed by atoms with Gasteiger partial charge in [-0.05, 0) is 55.2 Å². The second-order valence-corrected chi connectivity index (χ2v) is 8.56. The Bertz CT molecular complexity index is 741. The molecule has 1 aromatic carbocycles. The third-order valence-corrected chi connectivity index (χ3v) is 6.99. The van der Waals surface area contributed by atoms with Gasteiger partial charge in [0, 0.05) is 16.7 Å². The Morgan fingerprint density at radius 1 is 1.30 bits per heavy atom. The van der Waals surface area contributed by atoms with Gasteiger partial charge in [0.1, 0.15) is 0 Å². The molecule has 0 heterocycles. The molecule has 0 aliphatic heterocycles. The van der Waals surface area contributed by atoms with Gasteiger partial charge in [-0.3, -0.25) is 4.79 Å². The number of unbranched alkanes of at least 4 members (excludes halogenated alkanes) is 1. The number of ether oxygens (including phenoxy) is 2. The van der Waals surface area contributed by atoms with Crippen molar-refractivity contribution in [2.45, 2.75) is 59.8 Å². The molecule has 5 nitrogen and oxygen atoms in total. The van der Waals surface area contributed by atoms with Gasteiger partial charge in [-0.15, -0.1) is 0 Å². The molecule has 3 rings (SSSR count). The van der Waals surface area contributed by atoms with E-state index < -0.39 is 0 Å². The minimum atomic E-state index is -0.218. The van der Waals surface area contributed by atoms with E-state index in [0.29, 0.717) is 29.6 Å². The lowest BCUT2D eigenvalue weighted by Gasteiger charge is -2.34. The standard InChI is InChI=1S/C22H32N2O3/c1-6-7-12-27-17-9-8-15(13-18(17)26-5)20(25)24-23-19-14-16-10-11-22(19,4)21(16,2)3/h8-9,13,16H,6-7,10-12,14H2,1-5H3,(H,24,25)/b23-19-/t16-,22+/m0/s1. The molecule has 0 unspecified atom stereocenters. The van der Waals surface area contributed by atoms with Crippen LogP contribution in [0, 0.1) is 16.7 Å². The molecule has 2 aliphatic rings. The van der Waals surface area contributed by atoms with Crippen molar-refractivity contribution in [3.63, 3.8) is 0 Å². The average molecular weight is 373 g/mol. The predicted molar refractivity (Wildman–Crippen MR) is 108 cm³/mol. The van der Waals surface area contributed by atoms with Gasteiger partial charge in [-0.25, -0.2) is 5.43 Å². The molecule has 5 heteroatoms. The molecule has 27 heavy (non-hydrogen) atoms. The zero-order valence-electron chi connectivity index (χ0n) is 17.2. The van der Waals surface area contributed by atoms with Crippen molar-refractivity contribution in [3.05, 3.63) is 23.8 Å². The van der Waals surface area contributed by atoms with Crippen LogP contribution in [-0.2, 0) is 0 Å². The highest BCUT2D eigenvalue weighted by Crippen LogP contribution is 2.63. The Kier molecular flexibility index (Phi) is 5.50. The van der Waals surface area contributed by atoms with Crippen molar-refractivity contribution in [2.24, 2.45) is 21.8 Å². The van der Waals surface area contributed by atoms with E-state index in [1.54, 1.807) is 25.3 Å². The number of amides is 1. The van der Waals surface area contributed by atoms with Crippen LogP contribution in [0.1, 0.15) is 70.2 Å². The van der Waals surface area contributed by atoms with E-state index in [4.69, 9.17) is 9.47 Å². The maximum absolute atomic E-state index is 12.6. The number of nitrogens with one attached hydrogen (secondary N) is 1. The van der Waals surface area contributed by atoms with E-state index in [-0.39, 0.29) is 16.7 Å². The van der Waals surface area contributed by atoms with Gasteiger partial charge in [-0.2, -0.15) is 5.10 Å². The molecule has 1 N–H and O–H groups in total.